The van der Waals surface area contributed by atoms with Crippen molar-refractivity contribution in [3.05, 3.63) is 170 Å². The van der Waals surface area contributed by atoms with Crippen LogP contribution in [0.2, 0.25) is 0 Å². The Morgan fingerprint density at radius 1 is 0.268 bits per heavy atom. The van der Waals surface area contributed by atoms with E-state index in [2.05, 4.69) is 169 Å². The minimum atomic E-state index is 1.06. The third-order valence-corrected chi connectivity index (χ3v) is 7.66. The van der Waals surface area contributed by atoms with E-state index in [1.807, 2.05) is 6.07 Å². The highest BCUT2D eigenvalue weighted by Gasteiger charge is 2.11. The van der Waals surface area contributed by atoms with E-state index in [4.69, 9.17) is 0 Å². The van der Waals surface area contributed by atoms with E-state index in [1.165, 1.54) is 55.3 Å². The van der Waals surface area contributed by atoms with E-state index in [0.717, 1.165) is 11.4 Å². The summed E-state index contributed by atoms with van der Waals surface area (Å²) in [5.41, 5.74) is 11.9. The van der Waals surface area contributed by atoms with E-state index in [1.54, 1.807) is 0 Å². The molecule has 0 saturated carbocycles. The van der Waals surface area contributed by atoms with Crippen LogP contribution in [-0.4, -0.2) is 0 Å². The minimum Gasteiger partial charge on any atom is -0.356 e. The smallest absolute Gasteiger partial charge is 0.0384 e. The maximum atomic E-state index is 3.56. The van der Waals surface area contributed by atoms with Crippen molar-refractivity contribution >= 4 is 22.1 Å². The fourth-order valence-corrected chi connectivity index (χ4v) is 5.48. The molecule has 0 fully saturated rings. The Labute approximate surface area is 241 Å². The van der Waals surface area contributed by atoms with Gasteiger partial charge < -0.3 is 5.32 Å². The second-order valence-corrected chi connectivity index (χ2v) is 10.3. The van der Waals surface area contributed by atoms with Crippen LogP contribution in [0.25, 0.3) is 55.3 Å². The third-order valence-electron chi connectivity index (χ3n) is 7.66. The average molecular weight is 524 g/mol. The van der Waals surface area contributed by atoms with Crippen molar-refractivity contribution in [1.82, 2.24) is 0 Å². The van der Waals surface area contributed by atoms with Crippen LogP contribution in [0.5, 0.6) is 0 Å². The quantitative estimate of drug-likeness (QED) is 0.229. The summed E-state index contributed by atoms with van der Waals surface area (Å²) < 4.78 is 0. The first-order valence-electron chi connectivity index (χ1n) is 14.0. The minimum absolute atomic E-state index is 1.06. The second-order valence-electron chi connectivity index (χ2n) is 10.3. The van der Waals surface area contributed by atoms with Gasteiger partial charge in [0, 0.05) is 11.4 Å². The molecule has 0 amide bonds. The molecule has 1 heteroatoms. The first-order valence-corrected chi connectivity index (χ1v) is 14.0. The van der Waals surface area contributed by atoms with Crippen LogP contribution in [0.3, 0.4) is 0 Å². The van der Waals surface area contributed by atoms with Gasteiger partial charge in [0.15, 0.2) is 0 Å². The number of nitrogens with one attached hydrogen (secondary N) is 1. The van der Waals surface area contributed by atoms with Gasteiger partial charge in [-0.15, -0.1) is 0 Å². The predicted octanol–water partition coefficient (Wildman–Crippen LogP) is 11.3. The molecule has 0 bridgehead atoms. The summed E-state index contributed by atoms with van der Waals surface area (Å²) in [5.74, 6) is 0. The number of benzene rings is 7. The van der Waals surface area contributed by atoms with Gasteiger partial charge in [-0.2, -0.15) is 0 Å². The molecule has 194 valence electrons. The number of fused-ring (bicyclic) bond motifs is 1. The van der Waals surface area contributed by atoms with E-state index < -0.39 is 0 Å². The lowest BCUT2D eigenvalue weighted by atomic mass is 9.90. The molecule has 0 aromatic heterocycles. The van der Waals surface area contributed by atoms with E-state index in [-0.39, 0.29) is 0 Å². The summed E-state index contributed by atoms with van der Waals surface area (Å²) in [5, 5.41) is 6.08. The largest absolute Gasteiger partial charge is 0.356 e. The monoisotopic (exact) mass is 523 g/mol. The number of hydrogen-bond acceptors (Lipinski definition) is 1. The summed E-state index contributed by atoms with van der Waals surface area (Å²) in [4.78, 5) is 0. The van der Waals surface area contributed by atoms with Crippen molar-refractivity contribution in [2.45, 2.75) is 0 Å². The van der Waals surface area contributed by atoms with Crippen molar-refractivity contribution in [2.24, 2.45) is 0 Å². The highest BCUT2D eigenvalue weighted by atomic mass is 14.9. The molecule has 0 spiro atoms. The molecule has 1 nitrogen and oxygen atoms in total. The summed E-state index contributed by atoms with van der Waals surface area (Å²) in [6.45, 7) is 0. The first kappa shape index (κ1) is 24.6. The van der Waals surface area contributed by atoms with Crippen molar-refractivity contribution in [3.8, 4) is 44.5 Å². The molecule has 0 aliphatic rings. The van der Waals surface area contributed by atoms with Crippen LogP contribution >= 0.6 is 0 Å². The van der Waals surface area contributed by atoms with Crippen LogP contribution in [0.1, 0.15) is 0 Å². The van der Waals surface area contributed by atoms with Crippen molar-refractivity contribution in [1.29, 1.82) is 0 Å². The van der Waals surface area contributed by atoms with E-state index in [9.17, 15) is 0 Å². The average Bonchev–Trinajstić information content (AvgIpc) is 3.06. The first-order chi connectivity index (χ1) is 20.3. The summed E-state index contributed by atoms with van der Waals surface area (Å²) in [6, 6.07) is 60.6. The topological polar surface area (TPSA) is 12.0 Å². The van der Waals surface area contributed by atoms with Crippen molar-refractivity contribution in [3.63, 3.8) is 0 Å². The van der Waals surface area contributed by atoms with Crippen LogP contribution < -0.4 is 5.32 Å². The molecule has 0 radical (unpaired) electrons. The molecule has 0 atom stereocenters. The normalized spacial score (nSPS) is 10.9. The van der Waals surface area contributed by atoms with Gasteiger partial charge in [-0.3, -0.25) is 0 Å². The molecule has 1 N–H and O–H groups in total. The number of rotatable bonds is 6. The summed E-state index contributed by atoms with van der Waals surface area (Å²) in [7, 11) is 0. The lowest BCUT2D eigenvalue weighted by Gasteiger charge is -2.15. The molecular formula is C40H29N. The van der Waals surface area contributed by atoms with Crippen LogP contribution in [0.15, 0.2) is 170 Å². The van der Waals surface area contributed by atoms with Gasteiger partial charge in [0.1, 0.15) is 0 Å². The van der Waals surface area contributed by atoms with Crippen LogP contribution in [-0.2, 0) is 0 Å². The zero-order valence-electron chi connectivity index (χ0n) is 22.7. The Kier molecular flexibility index (Phi) is 6.61. The van der Waals surface area contributed by atoms with Gasteiger partial charge in [-0.25, -0.2) is 0 Å². The highest BCUT2D eigenvalue weighted by Crippen LogP contribution is 2.37. The fourth-order valence-electron chi connectivity index (χ4n) is 5.48. The second kappa shape index (κ2) is 11.0. The number of anilines is 2. The molecule has 0 heterocycles. The molecule has 41 heavy (non-hydrogen) atoms. The van der Waals surface area contributed by atoms with Gasteiger partial charge >= 0.3 is 0 Å². The van der Waals surface area contributed by atoms with Crippen molar-refractivity contribution in [2.75, 3.05) is 5.32 Å². The molecule has 0 aliphatic heterocycles. The lowest BCUT2D eigenvalue weighted by molar-refractivity contribution is 1.53. The standard InChI is InChI=1S/C40H29N/c1-3-9-29(10-4-1)31-17-22-37(23-18-31)41-38-24-19-33(20-25-38)40-28-36(21-26-39(40)32-12-5-2-6-13-32)35-16-15-30-11-7-8-14-34(30)27-35/h1-28,41H. The van der Waals surface area contributed by atoms with E-state index >= 15 is 0 Å². The molecule has 0 unspecified atom stereocenters. The summed E-state index contributed by atoms with van der Waals surface area (Å²) >= 11 is 0. The molecule has 0 saturated heterocycles. The zero-order chi connectivity index (χ0) is 27.4. The Balaban J connectivity index is 1.21. The van der Waals surface area contributed by atoms with Crippen LogP contribution in [0.4, 0.5) is 11.4 Å². The van der Waals surface area contributed by atoms with Gasteiger partial charge in [-0.1, -0.05) is 133 Å². The Hall–Kier alpha value is -5.40. The zero-order valence-corrected chi connectivity index (χ0v) is 22.7. The Morgan fingerprint density at radius 3 is 1.41 bits per heavy atom. The molecule has 0 aliphatic carbocycles. The Bertz CT molecular complexity index is 1920. The van der Waals surface area contributed by atoms with Gasteiger partial charge in [0.05, 0.1) is 0 Å². The van der Waals surface area contributed by atoms with Gasteiger partial charge in [0.25, 0.3) is 0 Å². The SMILES string of the molecule is c1ccc(-c2ccc(Nc3ccc(-c4cc(-c5ccc6ccccc6c5)ccc4-c4ccccc4)cc3)cc2)cc1. The molecule has 7 aromatic rings. The molecule has 7 aromatic carbocycles. The predicted molar refractivity (Wildman–Crippen MR) is 175 cm³/mol. The maximum absolute atomic E-state index is 3.56. The van der Waals surface area contributed by atoms with E-state index in [0.29, 0.717) is 0 Å². The summed E-state index contributed by atoms with van der Waals surface area (Å²) in [6.07, 6.45) is 0. The van der Waals surface area contributed by atoms with Crippen molar-refractivity contribution < 1.29 is 0 Å². The lowest BCUT2D eigenvalue weighted by Crippen LogP contribution is -1.91. The molecular weight excluding hydrogens is 494 g/mol. The molecule has 7 rings (SSSR count). The fraction of sp³-hybridized carbons (Fsp3) is 0. The third kappa shape index (κ3) is 5.26. The van der Waals surface area contributed by atoms with Crippen LogP contribution in [0, 0.1) is 0 Å². The maximum Gasteiger partial charge on any atom is 0.0384 e. The van der Waals surface area contributed by atoms with Gasteiger partial charge in [-0.05, 0) is 91.7 Å². The number of hydrogen-bond donors (Lipinski definition) is 1. The highest BCUT2D eigenvalue weighted by molar-refractivity contribution is 5.91. The Morgan fingerprint density at radius 2 is 0.732 bits per heavy atom. The van der Waals surface area contributed by atoms with Gasteiger partial charge in [0.2, 0.25) is 0 Å².